The highest BCUT2D eigenvalue weighted by molar-refractivity contribution is 6.30. The van der Waals surface area contributed by atoms with Gasteiger partial charge in [-0.3, -0.25) is 0 Å². The summed E-state index contributed by atoms with van der Waals surface area (Å²) < 4.78 is 16.1. The van der Waals surface area contributed by atoms with Gasteiger partial charge in [0.1, 0.15) is 18.1 Å². The zero-order valence-electron chi connectivity index (χ0n) is 17.6. The minimum absolute atomic E-state index is 0.168. The van der Waals surface area contributed by atoms with Gasteiger partial charge in [-0.2, -0.15) is 0 Å². The van der Waals surface area contributed by atoms with Crippen LogP contribution in [0.3, 0.4) is 0 Å². The first-order valence-corrected chi connectivity index (χ1v) is 10.6. The van der Waals surface area contributed by atoms with Crippen LogP contribution in [0.25, 0.3) is 6.08 Å². The van der Waals surface area contributed by atoms with Crippen LogP contribution in [-0.2, 0) is 16.1 Å². The second kappa shape index (κ2) is 11.7. The van der Waals surface area contributed by atoms with Gasteiger partial charge in [-0.15, -0.1) is 0 Å². The molecule has 0 aliphatic carbocycles. The van der Waals surface area contributed by atoms with Crippen LogP contribution in [0.2, 0.25) is 5.02 Å². The minimum atomic E-state index is -0.457. The number of carbonyl (C=O) groups is 2. The Morgan fingerprint density at radius 3 is 2.19 bits per heavy atom. The van der Waals surface area contributed by atoms with Crippen LogP contribution in [0.15, 0.2) is 78.9 Å². The van der Waals surface area contributed by atoms with Gasteiger partial charge in [0.15, 0.2) is 0 Å². The molecule has 0 atom stereocenters. The fraction of sp³-hybridized carbons (Fsp3) is 0.154. The van der Waals surface area contributed by atoms with Crippen molar-refractivity contribution in [2.24, 2.45) is 0 Å². The van der Waals surface area contributed by atoms with E-state index in [1.165, 1.54) is 6.08 Å². The van der Waals surface area contributed by atoms with Crippen molar-refractivity contribution >= 4 is 29.6 Å². The van der Waals surface area contributed by atoms with E-state index in [-0.39, 0.29) is 6.61 Å². The number of carbonyl (C=O) groups excluding carboxylic acids is 2. The van der Waals surface area contributed by atoms with E-state index in [1.54, 1.807) is 78.9 Å². The summed E-state index contributed by atoms with van der Waals surface area (Å²) in [5.41, 5.74) is 2.05. The van der Waals surface area contributed by atoms with Crippen molar-refractivity contribution in [3.05, 3.63) is 101 Å². The number of rotatable bonds is 9. The number of esters is 2. The number of hydrogen-bond donors (Lipinski definition) is 0. The Morgan fingerprint density at radius 2 is 1.53 bits per heavy atom. The van der Waals surface area contributed by atoms with E-state index in [2.05, 4.69) is 0 Å². The molecule has 3 aromatic carbocycles. The molecule has 3 rings (SSSR count). The molecule has 5 nitrogen and oxygen atoms in total. The van der Waals surface area contributed by atoms with Crippen LogP contribution in [0.5, 0.6) is 11.5 Å². The first-order chi connectivity index (χ1) is 15.5. The van der Waals surface area contributed by atoms with Crippen molar-refractivity contribution in [3.63, 3.8) is 0 Å². The maximum absolute atomic E-state index is 12.3. The number of ether oxygens (including phenoxy) is 3. The van der Waals surface area contributed by atoms with Crippen LogP contribution >= 0.6 is 11.6 Å². The van der Waals surface area contributed by atoms with Gasteiger partial charge >= 0.3 is 11.9 Å². The average molecular weight is 451 g/mol. The monoisotopic (exact) mass is 450 g/mol. The predicted octanol–water partition coefficient (Wildman–Crippen LogP) is 6.10. The molecule has 0 saturated carbocycles. The quantitative estimate of drug-likeness (QED) is 0.224. The summed E-state index contributed by atoms with van der Waals surface area (Å²) in [6.07, 6.45) is 3.89. The van der Waals surface area contributed by atoms with Gasteiger partial charge in [0.25, 0.3) is 0 Å². The smallest absolute Gasteiger partial charge is 0.343 e. The lowest BCUT2D eigenvalue weighted by molar-refractivity contribution is -0.138. The van der Waals surface area contributed by atoms with E-state index in [1.807, 2.05) is 6.92 Å². The molecule has 0 radical (unpaired) electrons. The van der Waals surface area contributed by atoms with Crippen LogP contribution in [0, 0.1) is 0 Å². The summed E-state index contributed by atoms with van der Waals surface area (Å²) in [6.45, 7) is 2.83. The van der Waals surface area contributed by atoms with Crippen molar-refractivity contribution in [2.45, 2.75) is 20.0 Å². The molecular formula is C26H23ClO5. The zero-order chi connectivity index (χ0) is 22.8. The molecule has 0 N–H and O–H groups in total. The van der Waals surface area contributed by atoms with E-state index >= 15 is 0 Å². The normalized spacial score (nSPS) is 10.7. The molecule has 0 spiro atoms. The highest BCUT2D eigenvalue weighted by atomic mass is 35.5. The maximum Gasteiger partial charge on any atom is 0.343 e. The van der Waals surface area contributed by atoms with Crippen molar-refractivity contribution in [3.8, 4) is 11.5 Å². The summed E-state index contributed by atoms with van der Waals surface area (Å²) in [4.78, 5) is 24.2. The molecule has 0 aliphatic heterocycles. The summed E-state index contributed by atoms with van der Waals surface area (Å²) >= 11 is 5.83. The molecule has 0 aliphatic rings. The van der Waals surface area contributed by atoms with E-state index in [4.69, 9.17) is 25.8 Å². The van der Waals surface area contributed by atoms with Gasteiger partial charge < -0.3 is 14.2 Å². The van der Waals surface area contributed by atoms with Crippen molar-refractivity contribution < 1.29 is 23.8 Å². The largest absolute Gasteiger partial charge is 0.494 e. The van der Waals surface area contributed by atoms with Crippen LogP contribution in [-0.4, -0.2) is 18.5 Å². The van der Waals surface area contributed by atoms with Gasteiger partial charge in [-0.1, -0.05) is 42.8 Å². The fourth-order valence-electron chi connectivity index (χ4n) is 2.67. The molecule has 0 saturated heterocycles. The standard InChI is InChI=1S/C26H23ClO5/c1-2-17-30-23-14-8-21(9-15-23)26(29)32-24-12-5-19(6-13-24)7-16-25(28)31-18-20-3-10-22(27)11-4-20/h3-16H,2,17-18H2,1H3/b16-7+. The zero-order valence-corrected chi connectivity index (χ0v) is 18.4. The van der Waals surface area contributed by atoms with Gasteiger partial charge in [0.05, 0.1) is 12.2 Å². The summed E-state index contributed by atoms with van der Waals surface area (Å²) in [6, 6.07) is 20.7. The lowest BCUT2D eigenvalue weighted by Crippen LogP contribution is -2.08. The molecule has 164 valence electrons. The van der Waals surface area contributed by atoms with Gasteiger partial charge in [-0.05, 0) is 72.2 Å². The molecule has 0 bridgehead atoms. The second-order valence-corrected chi connectivity index (χ2v) is 7.34. The van der Waals surface area contributed by atoms with Crippen LogP contribution in [0.4, 0.5) is 0 Å². The predicted molar refractivity (Wildman–Crippen MR) is 124 cm³/mol. The lowest BCUT2D eigenvalue weighted by atomic mass is 10.2. The summed E-state index contributed by atoms with van der Waals surface area (Å²) in [5.74, 6) is 0.206. The second-order valence-electron chi connectivity index (χ2n) is 6.90. The molecule has 0 amide bonds. The molecule has 32 heavy (non-hydrogen) atoms. The SMILES string of the molecule is CCCOc1ccc(C(=O)Oc2ccc(/C=C/C(=O)OCc3ccc(Cl)cc3)cc2)cc1. The number of halogens is 1. The molecule has 0 unspecified atom stereocenters. The summed E-state index contributed by atoms with van der Waals surface area (Å²) in [7, 11) is 0. The lowest BCUT2D eigenvalue weighted by Gasteiger charge is -2.07. The Hall–Kier alpha value is -3.57. The van der Waals surface area contributed by atoms with E-state index < -0.39 is 11.9 Å². The molecule has 0 fully saturated rings. The average Bonchev–Trinajstić information content (AvgIpc) is 2.82. The van der Waals surface area contributed by atoms with E-state index in [0.717, 1.165) is 17.5 Å². The first kappa shape index (κ1) is 23.1. The van der Waals surface area contributed by atoms with Gasteiger partial charge in [0.2, 0.25) is 0 Å². The van der Waals surface area contributed by atoms with Gasteiger partial charge in [-0.25, -0.2) is 9.59 Å². The van der Waals surface area contributed by atoms with E-state index in [9.17, 15) is 9.59 Å². The van der Waals surface area contributed by atoms with Crippen LogP contribution in [0.1, 0.15) is 34.8 Å². The third-order valence-electron chi connectivity index (χ3n) is 4.36. The number of benzene rings is 3. The molecule has 0 aromatic heterocycles. The minimum Gasteiger partial charge on any atom is -0.494 e. The Labute approximate surface area is 192 Å². The van der Waals surface area contributed by atoms with Crippen molar-refractivity contribution in [1.82, 2.24) is 0 Å². The highest BCUT2D eigenvalue weighted by Gasteiger charge is 2.09. The van der Waals surface area contributed by atoms with Crippen LogP contribution < -0.4 is 9.47 Å². The Morgan fingerprint density at radius 1 is 0.875 bits per heavy atom. The maximum atomic E-state index is 12.3. The molecule has 6 heteroatoms. The Kier molecular flexibility index (Phi) is 8.46. The third-order valence-corrected chi connectivity index (χ3v) is 4.61. The summed E-state index contributed by atoms with van der Waals surface area (Å²) in [5, 5.41) is 0.629. The van der Waals surface area contributed by atoms with Gasteiger partial charge in [0, 0.05) is 11.1 Å². The molecular weight excluding hydrogens is 428 g/mol. The Bertz CT molecular complexity index is 1050. The van der Waals surface area contributed by atoms with Crippen molar-refractivity contribution in [1.29, 1.82) is 0 Å². The van der Waals surface area contributed by atoms with Crippen molar-refractivity contribution in [2.75, 3.05) is 6.61 Å². The molecule has 0 heterocycles. The third kappa shape index (κ3) is 7.29. The van der Waals surface area contributed by atoms with E-state index in [0.29, 0.717) is 28.7 Å². The highest BCUT2D eigenvalue weighted by Crippen LogP contribution is 2.17. The fourth-order valence-corrected chi connectivity index (χ4v) is 2.79. The molecule has 3 aromatic rings. The Balaban J connectivity index is 1.49. The topological polar surface area (TPSA) is 61.8 Å². The number of hydrogen-bond acceptors (Lipinski definition) is 5. The first-order valence-electron chi connectivity index (χ1n) is 10.2.